The van der Waals surface area contributed by atoms with Gasteiger partial charge in [-0.2, -0.15) is 0 Å². The third kappa shape index (κ3) is 2.27. The maximum Gasteiger partial charge on any atom is 0.272 e. The van der Waals surface area contributed by atoms with E-state index < -0.39 is 9.70 Å². The second kappa shape index (κ2) is 3.71. The van der Waals surface area contributed by atoms with Gasteiger partial charge in [-0.3, -0.25) is 4.79 Å². The predicted molar refractivity (Wildman–Crippen MR) is 54.7 cm³/mol. The van der Waals surface area contributed by atoms with Gasteiger partial charge in [0.15, 0.2) is 0 Å². The molecule has 80 valence electrons. The number of halogens is 3. The van der Waals surface area contributed by atoms with Crippen LogP contribution in [-0.2, 0) is 9.53 Å². The zero-order chi connectivity index (χ0) is 10.3. The third-order valence-corrected chi connectivity index (χ3v) is 3.11. The fourth-order valence-corrected chi connectivity index (χ4v) is 2.01. The van der Waals surface area contributed by atoms with Crippen LogP contribution in [0.25, 0.3) is 0 Å². The van der Waals surface area contributed by atoms with Gasteiger partial charge in [0.2, 0.25) is 0 Å². The highest BCUT2D eigenvalue weighted by atomic mass is 35.6. The minimum absolute atomic E-state index is 0.0110. The van der Waals surface area contributed by atoms with Crippen molar-refractivity contribution in [2.75, 3.05) is 0 Å². The van der Waals surface area contributed by atoms with Gasteiger partial charge in [-0.1, -0.05) is 34.8 Å². The summed E-state index contributed by atoms with van der Waals surface area (Å²) in [5.41, 5.74) is 0. The summed E-state index contributed by atoms with van der Waals surface area (Å²) in [6, 6.07) is 0.0110. The minimum Gasteiger partial charge on any atom is -0.367 e. The van der Waals surface area contributed by atoms with Gasteiger partial charge in [-0.05, 0) is 19.3 Å². The van der Waals surface area contributed by atoms with Gasteiger partial charge in [-0.15, -0.1) is 0 Å². The van der Waals surface area contributed by atoms with E-state index in [9.17, 15) is 4.79 Å². The molecule has 0 aromatic rings. The van der Waals surface area contributed by atoms with E-state index in [1.807, 2.05) is 0 Å². The number of hydrogen-bond donors (Lipinski definition) is 1. The normalized spacial score (nSPS) is 36.1. The van der Waals surface area contributed by atoms with E-state index in [4.69, 9.17) is 39.5 Å². The monoisotopic (exact) mass is 257 g/mol. The maximum absolute atomic E-state index is 11.3. The van der Waals surface area contributed by atoms with Gasteiger partial charge in [0.05, 0.1) is 12.1 Å². The van der Waals surface area contributed by atoms with Crippen molar-refractivity contribution in [2.45, 2.75) is 41.3 Å². The lowest BCUT2D eigenvalue weighted by Crippen LogP contribution is -2.45. The number of carbonyl (C=O) groups excluding carboxylic acids is 1. The molecule has 1 heterocycles. The van der Waals surface area contributed by atoms with Gasteiger partial charge >= 0.3 is 0 Å². The molecule has 1 N–H and O–H groups in total. The van der Waals surface area contributed by atoms with Gasteiger partial charge < -0.3 is 10.1 Å². The van der Waals surface area contributed by atoms with Crippen LogP contribution in [0, 0.1) is 0 Å². The molecule has 1 aliphatic heterocycles. The Labute approximate surface area is 97.0 Å². The van der Waals surface area contributed by atoms with Gasteiger partial charge in [0.25, 0.3) is 9.70 Å². The van der Waals surface area contributed by atoms with Crippen molar-refractivity contribution in [2.24, 2.45) is 0 Å². The number of epoxide rings is 1. The lowest BCUT2D eigenvalue weighted by atomic mass is 9.95. The lowest BCUT2D eigenvalue weighted by molar-refractivity contribution is -0.121. The molecule has 3 nitrogen and oxygen atoms in total. The predicted octanol–water partition coefficient (Wildman–Crippen LogP) is 1.79. The molecular formula is C8H10Cl3NO2. The number of fused-ring (bicyclic) bond motifs is 1. The highest BCUT2D eigenvalue weighted by Gasteiger charge is 2.48. The Hall–Kier alpha value is 0.300. The fraction of sp³-hybridized carbons (Fsp3) is 0.875. The van der Waals surface area contributed by atoms with E-state index in [1.54, 1.807) is 0 Å². The highest BCUT2D eigenvalue weighted by Crippen LogP contribution is 2.37. The van der Waals surface area contributed by atoms with Crippen molar-refractivity contribution in [1.82, 2.24) is 5.32 Å². The largest absolute Gasteiger partial charge is 0.367 e. The summed E-state index contributed by atoms with van der Waals surface area (Å²) < 4.78 is 3.49. The average molecular weight is 259 g/mol. The van der Waals surface area contributed by atoms with Crippen LogP contribution < -0.4 is 5.32 Å². The highest BCUT2D eigenvalue weighted by molar-refractivity contribution is 6.76. The molecule has 2 aliphatic rings. The molecule has 0 bridgehead atoms. The Morgan fingerprint density at radius 3 is 2.71 bits per heavy atom. The molecule has 1 amide bonds. The standard InChI is InChI=1S/C8H10Cl3NO2/c9-8(10,11)7(13)12-4-2-1-3-5-6(4)14-5/h4-6H,1-3H2,(H,12,13)/t4-,5+,6-/m1/s1. The summed E-state index contributed by atoms with van der Waals surface area (Å²) in [5, 5.41) is 2.69. The van der Waals surface area contributed by atoms with Crippen molar-refractivity contribution < 1.29 is 9.53 Å². The smallest absolute Gasteiger partial charge is 0.272 e. The summed E-state index contributed by atoms with van der Waals surface area (Å²) in [7, 11) is 0. The van der Waals surface area contributed by atoms with Crippen LogP contribution in [0.15, 0.2) is 0 Å². The molecule has 0 aromatic carbocycles. The maximum atomic E-state index is 11.3. The van der Waals surface area contributed by atoms with Gasteiger partial charge in [0.1, 0.15) is 6.10 Å². The first-order valence-corrected chi connectivity index (χ1v) is 5.65. The van der Waals surface area contributed by atoms with E-state index >= 15 is 0 Å². The number of nitrogens with one attached hydrogen (secondary N) is 1. The van der Waals surface area contributed by atoms with E-state index in [-0.39, 0.29) is 12.1 Å². The van der Waals surface area contributed by atoms with E-state index in [1.165, 1.54) is 0 Å². The molecule has 6 heteroatoms. The Kier molecular flexibility index (Phi) is 2.86. The number of hydrogen-bond acceptors (Lipinski definition) is 2. The first-order valence-electron chi connectivity index (χ1n) is 4.51. The van der Waals surface area contributed by atoms with Crippen LogP contribution in [0.1, 0.15) is 19.3 Å². The van der Waals surface area contributed by atoms with E-state index in [2.05, 4.69) is 5.32 Å². The Bertz CT molecular complexity index is 253. The van der Waals surface area contributed by atoms with Crippen molar-refractivity contribution in [3.63, 3.8) is 0 Å². The third-order valence-electron chi connectivity index (χ3n) is 2.60. The molecule has 1 aliphatic carbocycles. The molecular weight excluding hydrogens is 248 g/mol. The fourth-order valence-electron chi connectivity index (χ4n) is 1.85. The topological polar surface area (TPSA) is 41.6 Å². The van der Waals surface area contributed by atoms with Crippen molar-refractivity contribution in [3.8, 4) is 0 Å². The molecule has 0 spiro atoms. The zero-order valence-electron chi connectivity index (χ0n) is 7.30. The quantitative estimate of drug-likeness (QED) is 0.575. The summed E-state index contributed by atoms with van der Waals surface area (Å²) in [6.45, 7) is 0. The average Bonchev–Trinajstić information content (AvgIpc) is 2.81. The van der Waals surface area contributed by atoms with Crippen LogP contribution in [-0.4, -0.2) is 27.9 Å². The van der Waals surface area contributed by atoms with Gasteiger partial charge in [0, 0.05) is 0 Å². The van der Waals surface area contributed by atoms with Crippen LogP contribution in [0.3, 0.4) is 0 Å². The van der Waals surface area contributed by atoms with Crippen LogP contribution >= 0.6 is 34.8 Å². The number of rotatable bonds is 1. The number of carbonyl (C=O) groups is 1. The van der Waals surface area contributed by atoms with Crippen molar-refractivity contribution in [3.05, 3.63) is 0 Å². The van der Waals surface area contributed by atoms with E-state index in [0.29, 0.717) is 6.10 Å². The lowest BCUT2D eigenvalue weighted by Gasteiger charge is -2.21. The van der Waals surface area contributed by atoms with Crippen LogP contribution in [0.5, 0.6) is 0 Å². The molecule has 2 fully saturated rings. The summed E-state index contributed by atoms with van der Waals surface area (Å²) in [4.78, 5) is 11.3. The van der Waals surface area contributed by atoms with Crippen molar-refractivity contribution >= 4 is 40.7 Å². The Morgan fingerprint density at radius 1 is 1.36 bits per heavy atom. The van der Waals surface area contributed by atoms with Gasteiger partial charge in [-0.25, -0.2) is 0 Å². The summed E-state index contributed by atoms with van der Waals surface area (Å²) in [5.74, 6) is -0.566. The minimum atomic E-state index is -1.87. The second-order valence-corrected chi connectivity index (χ2v) is 5.93. The molecule has 0 aromatic heterocycles. The molecule has 1 saturated carbocycles. The summed E-state index contributed by atoms with van der Waals surface area (Å²) in [6.07, 6.45) is 3.47. The Balaban J connectivity index is 1.88. The van der Waals surface area contributed by atoms with Crippen molar-refractivity contribution in [1.29, 1.82) is 0 Å². The summed E-state index contributed by atoms with van der Waals surface area (Å²) >= 11 is 16.3. The Morgan fingerprint density at radius 2 is 2.07 bits per heavy atom. The first-order chi connectivity index (χ1) is 6.48. The number of alkyl halides is 3. The molecule has 2 rings (SSSR count). The molecule has 3 atom stereocenters. The first kappa shape index (κ1) is 10.8. The SMILES string of the molecule is O=C(N[C@@H]1CCC[C@@H]2O[C@@H]21)C(Cl)(Cl)Cl. The molecule has 1 saturated heterocycles. The zero-order valence-corrected chi connectivity index (χ0v) is 9.57. The molecule has 0 unspecified atom stereocenters. The molecule has 0 radical (unpaired) electrons. The number of ether oxygens (including phenoxy) is 1. The molecule has 14 heavy (non-hydrogen) atoms. The van der Waals surface area contributed by atoms with Crippen LogP contribution in [0.2, 0.25) is 0 Å². The second-order valence-electron chi connectivity index (χ2n) is 3.65. The number of amides is 1. The van der Waals surface area contributed by atoms with Crippen LogP contribution in [0.4, 0.5) is 0 Å². The van der Waals surface area contributed by atoms with E-state index in [0.717, 1.165) is 19.3 Å².